The SMILES string of the molecule is C[N+](C)(C)CC=O.O=C[O-]. The minimum atomic E-state index is -0.500. The number of rotatable bonds is 2. The van der Waals surface area contributed by atoms with E-state index in [2.05, 4.69) is 0 Å². The molecule has 0 aromatic carbocycles. The molecule has 0 aliphatic carbocycles. The Morgan fingerprint density at radius 3 is 1.60 bits per heavy atom. The third-order valence-electron chi connectivity index (χ3n) is 0.622. The zero-order valence-corrected chi connectivity index (χ0v) is 6.53. The van der Waals surface area contributed by atoms with Crippen LogP contribution in [0.1, 0.15) is 0 Å². The molecule has 0 atom stereocenters. The monoisotopic (exact) mass is 147 g/mol. The van der Waals surface area contributed by atoms with Gasteiger partial charge in [-0.15, -0.1) is 0 Å². The minimum absolute atomic E-state index is 0.500. The Balaban J connectivity index is 0. The largest absolute Gasteiger partial charge is 0.554 e. The first-order chi connectivity index (χ1) is 4.47. The van der Waals surface area contributed by atoms with Crippen molar-refractivity contribution in [3.63, 3.8) is 0 Å². The summed E-state index contributed by atoms with van der Waals surface area (Å²) in [5.74, 6) is 0. The fourth-order valence-electron chi connectivity index (χ4n) is 0.224. The summed E-state index contributed by atoms with van der Waals surface area (Å²) >= 11 is 0. The smallest absolute Gasteiger partial charge is 0.174 e. The molecule has 0 heterocycles. The predicted molar refractivity (Wildman–Crippen MR) is 35.0 cm³/mol. The first-order valence-electron chi connectivity index (χ1n) is 2.77. The summed E-state index contributed by atoms with van der Waals surface area (Å²) in [6.07, 6.45) is 0.931. The molecule has 0 aromatic heterocycles. The van der Waals surface area contributed by atoms with E-state index in [4.69, 9.17) is 9.90 Å². The van der Waals surface area contributed by atoms with Crippen LogP contribution in [-0.2, 0) is 9.59 Å². The van der Waals surface area contributed by atoms with Crippen molar-refractivity contribution >= 4 is 12.8 Å². The standard InChI is InChI=1S/C5H12NO.CH2O2/c1-6(2,3)4-5-7;2-1-3/h5H,4H2,1-3H3;1H,(H,2,3)/q+1;/p-1. The van der Waals surface area contributed by atoms with E-state index < -0.39 is 6.47 Å². The van der Waals surface area contributed by atoms with Gasteiger partial charge in [-0.05, 0) is 0 Å². The Labute approximate surface area is 60.7 Å². The van der Waals surface area contributed by atoms with E-state index >= 15 is 0 Å². The van der Waals surface area contributed by atoms with Crippen molar-refractivity contribution < 1.29 is 19.2 Å². The minimum Gasteiger partial charge on any atom is -0.554 e. The van der Waals surface area contributed by atoms with Crippen molar-refractivity contribution in [3.05, 3.63) is 0 Å². The molecule has 0 N–H and O–H groups in total. The third-order valence-corrected chi connectivity index (χ3v) is 0.622. The number of carbonyl (C=O) groups excluding carboxylic acids is 2. The lowest BCUT2D eigenvalue weighted by Gasteiger charge is -2.19. The first kappa shape index (κ1) is 11.8. The Kier molecular flexibility index (Phi) is 7.37. The lowest BCUT2D eigenvalue weighted by Crippen LogP contribution is -2.35. The van der Waals surface area contributed by atoms with Crippen LogP contribution < -0.4 is 5.11 Å². The lowest BCUT2D eigenvalue weighted by molar-refractivity contribution is -0.861. The van der Waals surface area contributed by atoms with Crippen LogP contribution in [0.25, 0.3) is 0 Å². The van der Waals surface area contributed by atoms with Gasteiger partial charge in [-0.25, -0.2) is 0 Å². The highest BCUT2D eigenvalue weighted by atomic mass is 16.3. The van der Waals surface area contributed by atoms with Gasteiger partial charge < -0.3 is 14.4 Å². The van der Waals surface area contributed by atoms with E-state index in [9.17, 15) is 4.79 Å². The van der Waals surface area contributed by atoms with Crippen molar-refractivity contribution in [2.75, 3.05) is 27.7 Å². The van der Waals surface area contributed by atoms with E-state index in [-0.39, 0.29) is 0 Å². The van der Waals surface area contributed by atoms with Crippen LogP contribution in [0, 0.1) is 0 Å². The van der Waals surface area contributed by atoms with Gasteiger partial charge in [0, 0.05) is 6.47 Å². The van der Waals surface area contributed by atoms with Crippen molar-refractivity contribution in [3.8, 4) is 0 Å². The van der Waals surface area contributed by atoms with Crippen molar-refractivity contribution in [2.24, 2.45) is 0 Å². The molecule has 60 valence electrons. The van der Waals surface area contributed by atoms with E-state index in [1.165, 1.54) is 0 Å². The summed E-state index contributed by atoms with van der Waals surface area (Å²) in [6, 6.07) is 0. The lowest BCUT2D eigenvalue weighted by atomic mass is 10.6. The molecule has 0 bridgehead atoms. The summed E-state index contributed by atoms with van der Waals surface area (Å²) in [4.78, 5) is 18.1. The van der Waals surface area contributed by atoms with Crippen LogP contribution in [0.4, 0.5) is 0 Å². The van der Waals surface area contributed by atoms with Crippen LogP contribution in [0.15, 0.2) is 0 Å². The number of carboxylic acid groups (broad SMARTS) is 1. The van der Waals surface area contributed by atoms with Crippen LogP contribution in [0.3, 0.4) is 0 Å². The van der Waals surface area contributed by atoms with Gasteiger partial charge in [-0.1, -0.05) is 0 Å². The second kappa shape index (κ2) is 6.22. The van der Waals surface area contributed by atoms with Crippen molar-refractivity contribution in [1.29, 1.82) is 0 Å². The normalized spacial score (nSPS) is 9.10. The zero-order valence-electron chi connectivity index (χ0n) is 6.53. The van der Waals surface area contributed by atoms with E-state index in [1.54, 1.807) is 0 Å². The highest BCUT2D eigenvalue weighted by molar-refractivity contribution is 5.50. The first-order valence-corrected chi connectivity index (χ1v) is 2.77. The molecule has 4 heteroatoms. The van der Waals surface area contributed by atoms with E-state index in [1.807, 2.05) is 21.1 Å². The van der Waals surface area contributed by atoms with Crippen LogP contribution in [-0.4, -0.2) is 44.9 Å². The number of carbonyl (C=O) groups is 2. The van der Waals surface area contributed by atoms with Gasteiger partial charge in [-0.2, -0.15) is 0 Å². The summed E-state index contributed by atoms with van der Waals surface area (Å²) < 4.78 is 0.726. The molecule has 0 unspecified atom stereocenters. The molecular weight excluding hydrogens is 134 g/mol. The van der Waals surface area contributed by atoms with Gasteiger partial charge in [-0.3, -0.25) is 4.79 Å². The Morgan fingerprint density at radius 2 is 1.60 bits per heavy atom. The highest BCUT2D eigenvalue weighted by Gasteiger charge is 2.01. The van der Waals surface area contributed by atoms with Gasteiger partial charge in [0.1, 0.15) is 6.54 Å². The topological polar surface area (TPSA) is 57.2 Å². The van der Waals surface area contributed by atoms with Gasteiger partial charge in [0.2, 0.25) is 0 Å². The molecule has 0 fully saturated rings. The molecule has 0 amide bonds. The predicted octanol–water partition coefficient (Wildman–Crippen LogP) is -1.74. The second-order valence-corrected chi connectivity index (χ2v) is 2.74. The molecular formula is C6H13NO3. The number of hydrogen-bond acceptors (Lipinski definition) is 3. The maximum absolute atomic E-state index is 9.80. The fraction of sp³-hybridized carbons (Fsp3) is 0.667. The van der Waals surface area contributed by atoms with Gasteiger partial charge in [0.25, 0.3) is 0 Å². The average molecular weight is 147 g/mol. The maximum atomic E-state index is 9.80. The summed E-state index contributed by atoms with van der Waals surface area (Å²) in [5, 5.41) is 8.25. The van der Waals surface area contributed by atoms with E-state index in [0.717, 1.165) is 10.8 Å². The van der Waals surface area contributed by atoms with Crippen molar-refractivity contribution in [2.45, 2.75) is 0 Å². The zero-order chi connectivity index (χ0) is 8.62. The quantitative estimate of drug-likeness (QED) is 0.344. The molecule has 0 aliphatic rings. The molecule has 0 radical (unpaired) electrons. The van der Waals surface area contributed by atoms with Gasteiger partial charge in [0.15, 0.2) is 6.29 Å². The van der Waals surface area contributed by atoms with Crippen LogP contribution in [0.5, 0.6) is 0 Å². The summed E-state index contributed by atoms with van der Waals surface area (Å²) in [6.45, 7) is 0.0972. The number of aldehydes is 1. The Bertz CT molecular complexity index is 95.7. The number of hydrogen-bond donors (Lipinski definition) is 0. The molecule has 10 heavy (non-hydrogen) atoms. The van der Waals surface area contributed by atoms with E-state index in [0.29, 0.717) is 6.54 Å². The number of likely N-dealkylation sites (N-methyl/N-ethyl adjacent to an activating group) is 1. The van der Waals surface area contributed by atoms with Crippen LogP contribution >= 0.6 is 0 Å². The third kappa shape index (κ3) is 27.5. The molecule has 0 aliphatic heterocycles. The summed E-state index contributed by atoms with van der Waals surface area (Å²) in [7, 11) is 5.94. The van der Waals surface area contributed by atoms with Gasteiger partial charge in [0.05, 0.1) is 21.1 Å². The highest BCUT2D eigenvalue weighted by Crippen LogP contribution is 1.82. The second-order valence-electron chi connectivity index (χ2n) is 2.74. The molecule has 0 aromatic rings. The molecule has 0 saturated carbocycles. The van der Waals surface area contributed by atoms with Crippen molar-refractivity contribution in [1.82, 2.24) is 0 Å². The molecule has 0 saturated heterocycles. The molecule has 0 spiro atoms. The average Bonchev–Trinajstić information content (AvgIpc) is 1.63. The summed E-state index contributed by atoms with van der Waals surface area (Å²) in [5.41, 5.74) is 0. The molecule has 4 nitrogen and oxygen atoms in total. The Morgan fingerprint density at radius 1 is 1.30 bits per heavy atom. The molecule has 0 rings (SSSR count). The number of nitrogens with zero attached hydrogens (tertiary/aromatic N) is 1. The maximum Gasteiger partial charge on any atom is 0.174 e. The van der Waals surface area contributed by atoms with Gasteiger partial charge >= 0.3 is 0 Å². The van der Waals surface area contributed by atoms with Crippen LogP contribution in [0.2, 0.25) is 0 Å². The number of quaternary nitrogens is 1. The fourth-order valence-corrected chi connectivity index (χ4v) is 0.224. The Hall–Kier alpha value is -0.900.